The second-order valence-corrected chi connectivity index (χ2v) is 8.97. The lowest BCUT2D eigenvalue weighted by Gasteiger charge is -2.33. The van der Waals surface area contributed by atoms with Crippen molar-refractivity contribution in [2.45, 2.75) is 11.8 Å². The van der Waals surface area contributed by atoms with Crippen LogP contribution in [0.1, 0.15) is 12.5 Å². The highest BCUT2D eigenvalue weighted by Gasteiger charge is 2.28. The fraction of sp³-hybridized carbons (Fsp3) is 0.391. The summed E-state index contributed by atoms with van der Waals surface area (Å²) in [7, 11) is -3.49. The van der Waals surface area contributed by atoms with Crippen molar-refractivity contribution in [3.8, 4) is 5.75 Å². The van der Waals surface area contributed by atoms with Crippen LogP contribution in [0.15, 0.2) is 65.6 Å². The molecule has 7 heteroatoms. The van der Waals surface area contributed by atoms with E-state index >= 15 is 0 Å². The summed E-state index contributed by atoms with van der Waals surface area (Å²) < 4.78 is 38.2. The maximum absolute atomic E-state index is 12.9. The Balaban J connectivity index is 1.48. The van der Waals surface area contributed by atoms with Gasteiger partial charge in [0.2, 0.25) is 10.0 Å². The number of hydrogen-bond donors (Lipinski definition) is 0. The molecule has 1 aliphatic rings. The molecule has 0 amide bonds. The summed E-state index contributed by atoms with van der Waals surface area (Å²) in [5, 5.41) is 0. The van der Waals surface area contributed by atoms with Gasteiger partial charge in [-0.15, -0.1) is 0 Å². The Morgan fingerprint density at radius 3 is 2.30 bits per heavy atom. The first-order chi connectivity index (χ1) is 14.6. The lowest BCUT2D eigenvalue weighted by molar-refractivity contribution is 0.110. The largest absolute Gasteiger partial charge is 0.491 e. The van der Waals surface area contributed by atoms with Crippen molar-refractivity contribution in [2.75, 3.05) is 52.5 Å². The van der Waals surface area contributed by atoms with E-state index in [1.807, 2.05) is 25.1 Å². The van der Waals surface area contributed by atoms with Crippen LogP contribution in [-0.2, 0) is 14.8 Å². The summed E-state index contributed by atoms with van der Waals surface area (Å²) in [6.07, 6.45) is 4.23. The molecular formula is C23H30N2O4S. The Labute approximate surface area is 179 Å². The molecule has 1 heterocycles. The number of piperazine rings is 1. The molecule has 2 aromatic rings. The van der Waals surface area contributed by atoms with Gasteiger partial charge in [0.1, 0.15) is 12.4 Å². The lowest BCUT2D eigenvalue weighted by Crippen LogP contribution is -2.48. The molecule has 0 atom stereocenters. The summed E-state index contributed by atoms with van der Waals surface area (Å²) in [5.74, 6) is 0.642. The Hall–Kier alpha value is -2.19. The molecule has 0 aliphatic carbocycles. The topological polar surface area (TPSA) is 59.1 Å². The summed E-state index contributed by atoms with van der Waals surface area (Å²) in [5.41, 5.74) is 1.17. The van der Waals surface area contributed by atoms with E-state index in [9.17, 15) is 8.42 Å². The van der Waals surface area contributed by atoms with Crippen LogP contribution in [0.2, 0.25) is 0 Å². The average molecular weight is 431 g/mol. The molecule has 0 N–H and O–H groups in total. The second-order valence-electron chi connectivity index (χ2n) is 7.03. The summed E-state index contributed by atoms with van der Waals surface area (Å²) in [6.45, 7) is 6.78. The van der Waals surface area contributed by atoms with E-state index < -0.39 is 10.0 Å². The van der Waals surface area contributed by atoms with Crippen LogP contribution in [0, 0.1) is 0 Å². The molecule has 6 nitrogen and oxygen atoms in total. The Morgan fingerprint density at radius 2 is 1.63 bits per heavy atom. The highest BCUT2D eigenvalue weighted by Crippen LogP contribution is 2.21. The third kappa shape index (κ3) is 6.40. The monoisotopic (exact) mass is 430 g/mol. The molecule has 1 aliphatic heterocycles. The zero-order chi connectivity index (χ0) is 21.2. The minimum atomic E-state index is -3.49. The number of rotatable bonds is 10. The van der Waals surface area contributed by atoms with Crippen LogP contribution in [0.4, 0.5) is 0 Å². The fourth-order valence-electron chi connectivity index (χ4n) is 3.27. The number of hydrogen-bond acceptors (Lipinski definition) is 5. The Kier molecular flexibility index (Phi) is 8.45. The molecule has 2 aromatic carbocycles. The molecule has 0 unspecified atom stereocenters. The second kappa shape index (κ2) is 11.3. The van der Waals surface area contributed by atoms with E-state index in [1.54, 1.807) is 28.6 Å². The Morgan fingerprint density at radius 1 is 0.933 bits per heavy atom. The van der Waals surface area contributed by atoms with Gasteiger partial charge in [-0.25, -0.2) is 8.42 Å². The van der Waals surface area contributed by atoms with Gasteiger partial charge in [-0.1, -0.05) is 42.5 Å². The van der Waals surface area contributed by atoms with Crippen molar-refractivity contribution >= 4 is 16.1 Å². The summed E-state index contributed by atoms with van der Waals surface area (Å²) in [6, 6.07) is 16.8. The maximum Gasteiger partial charge on any atom is 0.243 e. The van der Waals surface area contributed by atoms with Gasteiger partial charge in [-0.05, 0) is 36.8 Å². The van der Waals surface area contributed by atoms with Crippen molar-refractivity contribution in [1.29, 1.82) is 0 Å². The van der Waals surface area contributed by atoms with Gasteiger partial charge in [-0.3, -0.25) is 4.90 Å². The van der Waals surface area contributed by atoms with Crippen LogP contribution in [0.25, 0.3) is 6.08 Å². The predicted octanol–water partition coefficient (Wildman–Crippen LogP) is 3.12. The third-order valence-electron chi connectivity index (χ3n) is 4.97. The van der Waals surface area contributed by atoms with Crippen LogP contribution < -0.4 is 4.74 Å². The molecule has 0 bridgehead atoms. The van der Waals surface area contributed by atoms with E-state index in [2.05, 4.69) is 29.2 Å². The standard InChI is InChI=1S/C23H30N2O4S/c1-2-28-19-20-29-22-10-12-23(13-11-22)30(26,27)25-17-15-24(16-18-25)14-6-9-21-7-4-3-5-8-21/h3-13H,2,14-20H2,1H3/b9-6+. The van der Waals surface area contributed by atoms with E-state index in [4.69, 9.17) is 9.47 Å². The van der Waals surface area contributed by atoms with Crippen molar-refractivity contribution in [1.82, 2.24) is 9.21 Å². The maximum atomic E-state index is 12.9. The van der Waals surface area contributed by atoms with Crippen molar-refractivity contribution in [3.05, 3.63) is 66.2 Å². The molecule has 3 rings (SSSR count). The van der Waals surface area contributed by atoms with Crippen molar-refractivity contribution < 1.29 is 17.9 Å². The highest BCUT2D eigenvalue weighted by molar-refractivity contribution is 7.89. The third-order valence-corrected chi connectivity index (χ3v) is 6.88. The van der Waals surface area contributed by atoms with Crippen LogP contribution in [0.5, 0.6) is 5.75 Å². The van der Waals surface area contributed by atoms with E-state index in [0.29, 0.717) is 43.6 Å². The first-order valence-corrected chi connectivity index (χ1v) is 11.8. The number of ether oxygens (including phenoxy) is 2. The van der Waals surface area contributed by atoms with Gasteiger partial charge in [0.25, 0.3) is 0 Å². The van der Waals surface area contributed by atoms with E-state index in [-0.39, 0.29) is 0 Å². The van der Waals surface area contributed by atoms with Gasteiger partial charge >= 0.3 is 0 Å². The smallest absolute Gasteiger partial charge is 0.243 e. The first-order valence-electron chi connectivity index (χ1n) is 10.3. The minimum absolute atomic E-state index is 0.303. The molecule has 0 spiro atoms. The summed E-state index contributed by atoms with van der Waals surface area (Å²) in [4.78, 5) is 2.57. The van der Waals surface area contributed by atoms with E-state index in [1.165, 1.54) is 5.56 Å². The van der Waals surface area contributed by atoms with Gasteiger partial charge in [0.15, 0.2) is 0 Å². The molecule has 0 saturated carbocycles. The van der Waals surface area contributed by atoms with Crippen LogP contribution in [-0.4, -0.2) is 70.2 Å². The average Bonchev–Trinajstić information content (AvgIpc) is 2.78. The van der Waals surface area contributed by atoms with E-state index in [0.717, 1.165) is 19.6 Å². The highest BCUT2D eigenvalue weighted by atomic mass is 32.2. The van der Waals surface area contributed by atoms with Gasteiger partial charge < -0.3 is 9.47 Å². The molecule has 0 radical (unpaired) electrons. The lowest BCUT2D eigenvalue weighted by atomic mass is 10.2. The number of nitrogens with zero attached hydrogens (tertiary/aromatic N) is 2. The summed E-state index contributed by atoms with van der Waals surface area (Å²) >= 11 is 0. The first kappa shape index (κ1) is 22.5. The van der Waals surface area contributed by atoms with Crippen molar-refractivity contribution in [2.24, 2.45) is 0 Å². The minimum Gasteiger partial charge on any atom is -0.491 e. The normalized spacial score (nSPS) is 16.2. The number of sulfonamides is 1. The van der Waals surface area contributed by atoms with Crippen molar-refractivity contribution in [3.63, 3.8) is 0 Å². The predicted molar refractivity (Wildman–Crippen MR) is 119 cm³/mol. The quantitative estimate of drug-likeness (QED) is 0.542. The Bertz CT molecular complexity index is 891. The van der Waals surface area contributed by atoms with Gasteiger partial charge in [0, 0.05) is 39.3 Å². The molecule has 1 fully saturated rings. The van der Waals surface area contributed by atoms with Gasteiger partial charge in [-0.2, -0.15) is 4.31 Å². The molecule has 30 heavy (non-hydrogen) atoms. The van der Waals surface area contributed by atoms with Gasteiger partial charge in [0.05, 0.1) is 11.5 Å². The zero-order valence-electron chi connectivity index (χ0n) is 17.4. The molecule has 162 valence electrons. The molecule has 0 aromatic heterocycles. The molecular weight excluding hydrogens is 400 g/mol. The fourth-order valence-corrected chi connectivity index (χ4v) is 4.70. The zero-order valence-corrected chi connectivity index (χ0v) is 18.3. The van der Waals surface area contributed by atoms with Crippen LogP contribution >= 0.6 is 0 Å². The number of benzene rings is 2. The molecule has 1 saturated heterocycles. The SMILES string of the molecule is CCOCCOc1ccc(S(=O)(=O)N2CCN(C/C=C/c3ccccc3)CC2)cc1. The van der Waals surface area contributed by atoms with Crippen LogP contribution in [0.3, 0.4) is 0 Å².